The van der Waals surface area contributed by atoms with Crippen LogP contribution in [-0.2, 0) is 4.74 Å². The minimum Gasteiger partial charge on any atom is -0.497 e. The highest BCUT2D eigenvalue weighted by Gasteiger charge is 2.34. The molecule has 0 aromatic heterocycles. The molecule has 0 radical (unpaired) electrons. The number of carbonyl (C=O) groups excluding carboxylic acids is 2. The number of hydrogen-bond donors (Lipinski definition) is 3. The Bertz CT molecular complexity index is 672. The summed E-state index contributed by atoms with van der Waals surface area (Å²) < 4.78 is 10.3. The van der Waals surface area contributed by atoms with Crippen LogP contribution in [0.4, 0.5) is 4.79 Å². The van der Waals surface area contributed by atoms with Gasteiger partial charge in [-0.3, -0.25) is 4.79 Å². The van der Waals surface area contributed by atoms with E-state index in [4.69, 9.17) is 9.47 Å². The van der Waals surface area contributed by atoms with Crippen molar-refractivity contribution in [1.29, 1.82) is 0 Å². The third kappa shape index (κ3) is 6.11. The van der Waals surface area contributed by atoms with Gasteiger partial charge in [-0.2, -0.15) is 0 Å². The third-order valence-corrected chi connectivity index (χ3v) is 4.14. The number of amides is 2. The molecular weight excluding hydrogens is 352 g/mol. The van der Waals surface area contributed by atoms with Crippen LogP contribution in [0.15, 0.2) is 24.3 Å². The molecule has 3 atom stereocenters. The fourth-order valence-electron chi connectivity index (χ4n) is 2.93. The summed E-state index contributed by atoms with van der Waals surface area (Å²) >= 11 is 0. The Kier molecular flexibility index (Phi) is 6.67. The van der Waals surface area contributed by atoms with Crippen LogP contribution in [0.25, 0.3) is 0 Å². The van der Waals surface area contributed by atoms with Gasteiger partial charge in [-0.1, -0.05) is 6.07 Å². The van der Waals surface area contributed by atoms with E-state index in [1.807, 2.05) is 0 Å². The van der Waals surface area contributed by atoms with Gasteiger partial charge < -0.3 is 29.9 Å². The molecule has 8 nitrogen and oxygen atoms in total. The topological polar surface area (TPSA) is 108 Å². The predicted molar refractivity (Wildman–Crippen MR) is 98.7 cm³/mol. The van der Waals surface area contributed by atoms with Gasteiger partial charge in [0.1, 0.15) is 11.4 Å². The van der Waals surface area contributed by atoms with Crippen molar-refractivity contribution in [3.05, 3.63) is 29.8 Å². The Morgan fingerprint density at radius 2 is 1.93 bits per heavy atom. The normalized spacial score (nSPS) is 23.3. The number of likely N-dealkylation sites (tertiary alicyclic amines) is 1. The number of carbonyl (C=O) groups is 2. The van der Waals surface area contributed by atoms with Crippen LogP contribution in [-0.4, -0.2) is 71.2 Å². The van der Waals surface area contributed by atoms with Crippen molar-refractivity contribution in [2.24, 2.45) is 0 Å². The molecule has 8 heteroatoms. The van der Waals surface area contributed by atoms with Crippen LogP contribution in [0.1, 0.15) is 37.6 Å². The monoisotopic (exact) mass is 380 g/mol. The SMILES string of the molecule is COc1cccc(C(=O)N2C[C@H](O)C[C@@H](NC(=O)OC(C)(C)C)[C@H](O)C2)c1. The number of nitrogens with zero attached hydrogens (tertiary/aromatic N) is 1. The van der Waals surface area contributed by atoms with Crippen LogP contribution in [0.5, 0.6) is 5.75 Å². The first kappa shape index (κ1) is 21.0. The van der Waals surface area contributed by atoms with E-state index >= 15 is 0 Å². The van der Waals surface area contributed by atoms with Crippen molar-refractivity contribution in [3.63, 3.8) is 0 Å². The Labute approximate surface area is 159 Å². The van der Waals surface area contributed by atoms with Gasteiger partial charge in [-0.15, -0.1) is 0 Å². The first-order chi connectivity index (χ1) is 12.6. The van der Waals surface area contributed by atoms with Crippen molar-refractivity contribution in [3.8, 4) is 5.75 Å². The molecule has 0 saturated carbocycles. The molecular formula is C19H28N2O6. The van der Waals surface area contributed by atoms with Gasteiger partial charge in [0.05, 0.1) is 25.4 Å². The molecule has 2 rings (SSSR count). The first-order valence-corrected chi connectivity index (χ1v) is 8.88. The van der Waals surface area contributed by atoms with Gasteiger partial charge in [0.25, 0.3) is 5.91 Å². The Hall–Kier alpha value is -2.32. The van der Waals surface area contributed by atoms with E-state index in [-0.39, 0.29) is 25.4 Å². The average Bonchev–Trinajstić information content (AvgIpc) is 2.71. The summed E-state index contributed by atoms with van der Waals surface area (Å²) in [6.07, 6.45) is -2.49. The summed E-state index contributed by atoms with van der Waals surface area (Å²) in [5, 5.41) is 23.3. The van der Waals surface area contributed by atoms with Gasteiger partial charge in [0.15, 0.2) is 0 Å². The molecule has 1 aromatic rings. The molecule has 27 heavy (non-hydrogen) atoms. The second-order valence-electron chi connectivity index (χ2n) is 7.65. The Morgan fingerprint density at radius 1 is 1.22 bits per heavy atom. The van der Waals surface area contributed by atoms with E-state index in [1.165, 1.54) is 12.0 Å². The Balaban J connectivity index is 2.08. The lowest BCUT2D eigenvalue weighted by Crippen LogP contribution is -2.48. The highest BCUT2D eigenvalue weighted by atomic mass is 16.6. The molecule has 1 aromatic carbocycles. The summed E-state index contributed by atoms with van der Waals surface area (Å²) in [7, 11) is 1.51. The van der Waals surface area contributed by atoms with Crippen LogP contribution in [0.3, 0.4) is 0 Å². The quantitative estimate of drug-likeness (QED) is 0.726. The van der Waals surface area contributed by atoms with E-state index in [0.717, 1.165) is 0 Å². The largest absolute Gasteiger partial charge is 0.497 e. The minimum absolute atomic E-state index is 0.0203. The number of β-amino-alcohol motifs (C(OH)–C–C–N with tert-alkyl or cyclic N) is 2. The fraction of sp³-hybridized carbons (Fsp3) is 0.579. The molecule has 0 unspecified atom stereocenters. The molecule has 2 amide bonds. The van der Waals surface area contributed by atoms with Gasteiger partial charge in [-0.05, 0) is 45.4 Å². The highest BCUT2D eigenvalue weighted by molar-refractivity contribution is 5.94. The molecule has 3 N–H and O–H groups in total. The minimum atomic E-state index is -1.04. The van der Waals surface area contributed by atoms with Gasteiger partial charge in [0.2, 0.25) is 0 Å². The lowest BCUT2D eigenvalue weighted by Gasteiger charge is -2.26. The highest BCUT2D eigenvalue weighted by Crippen LogP contribution is 2.19. The number of aliphatic hydroxyl groups is 2. The van der Waals surface area contributed by atoms with E-state index < -0.39 is 29.9 Å². The second-order valence-corrected chi connectivity index (χ2v) is 7.65. The fourth-order valence-corrected chi connectivity index (χ4v) is 2.93. The molecule has 1 aliphatic rings. The third-order valence-electron chi connectivity index (χ3n) is 4.14. The van der Waals surface area contributed by atoms with Crippen molar-refractivity contribution < 1.29 is 29.3 Å². The summed E-state index contributed by atoms with van der Waals surface area (Å²) in [5.41, 5.74) is -0.278. The number of methoxy groups -OCH3 is 1. The maximum atomic E-state index is 12.8. The molecule has 0 spiro atoms. The Morgan fingerprint density at radius 3 is 2.56 bits per heavy atom. The number of rotatable bonds is 3. The number of ether oxygens (including phenoxy) is 2. The zero-order valence-electron chi connectivity index (χ0n) is 16.1. The van der Waals surface area contributed by atoms with Gasteiger partial charge in [-0.25, -0.2) is 4.79 Å². The predicted octanol–water partition coefficient (Wildman–Crippen LogP) is 1.16. The van der Waals surface area contributed by atoms with Crippen LogP contribution < -0.4 is 10.1 Å². The number of hydrogen-bond acceptors (Lipinski definition) is 6. The zero-order chi connectivity index (χ0) is 20.2. The van der Waals surface area contributed by atoms with E-state index in [0.29, 0.717) is 11.3 Å². The van der Waals surface area contributed by atoms with Crippen molar-refractivity contribution in [1.82, 2.24) is 10.2 Å². The standard InChI is InChI=1S/C19H28N2O6/c1-19(2,3)27-18(25)20-15-9-13(22)10-21(11-16(15)23)17(24)12-6-5-7-14(8-12)26-4/h5-8,13,15-16,22-23H,9-11H2,1-4H3,(H,20,25)/t13-,15-,16-/m1/s1. The smallest absolute Gasteiger partial charge is 0.407 e. The van der Waals surface area contributed by atoms with Crippen LogP contribution >= 0.6 is 0 Å². The molecule has 150 valence electrons. The molecule has 1 saturated heterocycles. The summed E-state index contributed by atoms with van der Waals surface area (Å²) in [6.45, 7) is 5.24. The van der Waals surface area contributed by atoms with Crippen molar-refractivity contribution in [2.75, 3.05) is 20.2 Å². The number of benzene rings is 1. The van der Waals surface area contributed by atoms with Crippen molar-refractivity contribution >= 4 is 12.0 Å². The molecule has 0 aliphatic carbocycles. The van der Waals surface area contributed by atoms with E-state index in [9.17, 15) is 19.8 Å². The molecule has 1 heterocycles. The number of aliphatic hydroxyl groups excluding tert-OH is 2. The van der Waals surface area contributed by atoms with Gasteiger partial charge in [0, 0.05) is 18.7 Å². The van der Waals surface area contributed by atoms with Gasteiger partial charge >= 0.3 is 6.09 Å². The maximum absolute atomic E-state index is 12.8. The lowest BCUT2D eigenvalue weighted by atomic mass is 10.1. The van der Waals surface area contributed by atoms with Crippen LogP contribution in [0, 0.1) is 0 Å². The summed E-state index contributed by atoms with van der Waals surface area (Å²) in [5.74, 6) is 0.214. The number of nitrogens with one attached hydrogen (secondary N) is 1. The summed E-state index contributed by atoms with van der Waals surface area (Å²) in [6, 6.07) is 5.94. The number of alkyl carbamates (subject to hydrolysis) is 1. The van der Waals surface area contributed by atoms with E-state index in [1.54, 1.807) is 45.0 Å². The molecule has 0 bridgehead atoms. The van der Waals surface area contributed by atoms with Crippen LogP contribution in [0.2, 0.25) is 0 Å². The molecule has 1 fully saturated rings. The van der Waals surface area contributed by atoms with E-state index in [2.05, 4.69) is 5.32 Å². The van der Waals surface area contributed by atoms with Crippen molar-refractivity contribution in [2.45, 2.75) is 51.0 Å². The first-order valence-electron chi connectivity index (χ1n) is 8.88. The zero-order valence-corrected chi connectivity index (χ0v) is 16.1. The average molecular weight is 380 g/mol. The lowest BCUT2D eigenvalue weighted by molar-refractivity contribution is 0.0383. The molecule has 1 aliphatic heterocycles. The maximum Gasteiger partial charge on any atom is 0.407 e. The summed E-state index contributed by atoms with van der Waals surface area (Å²) in [4.78, 5) is 26.1. The second kappa shape index (κ2) is 8.58.